The van der Waals surface area contributed by atoms with Crippen LogP contribution < -0.4 is 15.4 Å². The molecule has 0 aromatic heterocycles. The van der Waals surface area contributed by atoms with E-state index in [9.17, 15) is 4.79 Å². The van der Waals surface area contributed by atoms with Gasteiger partial charge in [0.15, 0.2) is 0 Å². The lowest BCUT2D eigenvalue weighted by Crippen LogP contribution is -2.30. The number of nitrogens with zero attached hydrogens (tertiary/aromatic N) is 2. The first kappa shape index (κ1) is 12.8. The number of nitrogens with two attached hydrogens (primary N) is 1. The van der Waals surface area contributed by atoms with Crippen molar-refractivity contribution in [3.8, 4) is 5.75 Å². The van der Waals surface area contributed by atoms with Gasteiger partial charge in [0.05, 0.1) is 19.2 Å². The summed E-state index contributed by atoms with van der Waals surface area (Å²) in [7, 11) is 3.13. The van der Waals surface area contributed by atoms with Gasteiger partial charge in [-0.1, -0.05) is 17.3 Å². The molecule has 0 atom stereocenters. The fraction of sp³-hybridized carbons (Fsp3) is 0.273. The van der Waals surface area contributed by atoms with Crippen LogP contribution in [-0.2, 0) is 4.79 Å². The Morgan fingerprint density at radius 2 is 2.18 bits per heavy atom. The molecule has 0 saturated carbocycles. The maximum atomic E-state index is 11.8. The zero-order chi connectivity index (χ0) is 12.8. The third-order valence-electron chi connectivity index (χ3n) is 2.28. The molecule has 92 valence electrons. The SMILES string of the molecule is COc1ccccc1N(C)C(=O)CC(N)=NO. The van der Waals surface area contributed by atoms with Crippen molar-refractivity contribution in [2.45, 2.75) is 6.42 Å². The Morgan fingerprint density at radius 1 is 1.53 bits per heavy atom. The summed E-state index contributed by atoms with van der Waals surface area (Å²) in [6.07, 6.45) is -0.148. The topological polar surface area (TPSA) is 88.2 Å². The van der Waals surface area contributed by atoms with E-state index in [2.05, 4.69) is 5.16 Å². The van der Waals surface area contributed by atoms with Gasteiger partial charge < -0.3 is 20.6 Å². The first-order chi connectivity index (χ1) is 8.10. The molecule has 0 aliphatic rings. The second-order valence-corrected chi connectivity index (χ2v) is 3.39. The third kappa shape index (κ3) is 3.10. The summed E-state index contributed by atoms with van der Waals surface area (Å²) in [5.41, 5.74) is 5.91. The zero-order valence-corrected chi connectivity index (χ0v) is 9.75. The van der Waals surface area contributed by atoms with Crippen molar-refractivity contribution < 1.29 is 14.7 Å². The molecular formula is C11H15N3O3. The van der Waals surface area contributed by atoms with Crippen molar-refractivity contribution in [3.05, 3.63) is 24.3 Å². The Kier molecular flexibility index (Phi) is 4.33. The number of amides is 1. The van der Waals surface area contributed by atoms with Crippen LogP contribution in [0.15, 0.2) is 29.4 Å². The number of para-hydroxylation sites is 2. The lowest BCUT2D eigenvalue weighted by molar-refractivity contribution is -0.117. The Balaban J connectivity index is 2.88. The van der Waals surface area contributed by atoms with Crippen molar-refractivity contribution in [1.29, 1.82) is 0 Å². The molecule has 0 bridgehead atoms. The molecule has 1 aromatic rings. The molecule has 1 aromatic carbocycles. The lowest BCUT2D eigenvalue weighted by atomic mass is 10.2. The summed E-state index contributed by atoms with van der Waals surface area (Å²) in [4.78, 5) is 13.2. The van der Waals surface area contributed by atoms with E-state index in [4.69, 9.17) is 15.7 Å². The van der Waals surface area contributed by atoms with Crippen LogP contribution in [-0.4, -0.2) is 31.1 Å². The average molecular weight is 237 g/mol. The number of hydrogen-bond acceptors (Lipinski definition) is 4. The summed E-state index contributed by atoms with van der Waals surface area (Å²) in [5, 5.41) is 11.2. The largest absolute Gasteiger partial charge is 0.495 e. The summed E-state index contributed by atoms with van der Waals surface area (Å²) in [6.45, 7) is 0. The van der Waals surface area contributed by atoms with Crippen molar-refractivity contribution in [2.24, 2.45) is 10.9 Å². The monoisotopic (exact) mass is 237 g/mol. The molecule has 0 aliphatic heterocycles. The second-order valence-electron chi connectivity index (χ2n) is 3.39. The number of benzene rings is 1. The average Bonchev–Trinajstić information content (AvgIpc) is 2.37. The van der Waals surface area contributed by atoms with Gasteiger partial charge in [0.2, 0.25) is 5.91 Å². The van der Waals surface area contributed by atoms with Crippen LogP contribution >= 0.6 is 0 Å². The minimum atomic E-state index is -0.287. The van der Waals surface area contributed by atoms with E-state index in [0.717, 1.165) is 0 Å². The number of hydrogen-bond donors (Lipinski definition) is 2. The fourth-order valence-electron chi connectivity index (χ4n) is 1.35. The number of oxime groups is 1. The highest BCUT2D eigenvalue weighted by molar-refractivity contribution is 6.06. The van der Waals surface area contributed by atoms with Crippen LogP contribution in [0.3, 0.4) is 0 Å². The number of ether oxygens (including phenoxy) is 1. The number of carbonyl (C=O) groups excluding carboxylic acids is 1. The van der Waals surface area contributed by atoms with Gasteiger partial charge in [-0.05, 0) is 12.1 Å². The van der Waals surface area contributed by atoms with Gasteiger partial charge >= 0.3 is 0 Å². The highest BCUT2D eigenvalue weighted by atomic mass is 16.5. The number of carbonyl (C=O) groups is 1. The summed E-state index contributed by atoms with van der Waals surface area (Å²) < 4.78 is 5.14. The van der Waals surface area contributed by atoms with E-state index in [1.165, 1.54) is 12.0 Å². The smallest absolute Gasteiger partial charge is 0.234 e. The molecule has 1 rings (SSSR count). The van der Waals surface area contributed by atoms with E-state index in [1.807, 2.05) is 6.07 Å². The van der Waals surface area contributed by atoms with Gasteiger partial charge in [0.1, 0.15) is 11.6 Å². The zero-order valence-electron chi connectivity index (χ0n) is 9.75. The predicted molar refractivity (Wildman–Crippen MR) is 64.4 cm³/mol. The van der Waals surface area contributed by atoms with Crippen LogP contribution in [0.2, 0.25) is 0 Å². The standard InChI is InChI=1S/C11H15N3O3/c1-14(11(15)7-10(12)13-16)8-5-3-4-6-9(8)17-2/h3-6,16H,7H2,1-2H3,(H2,12,13). The summed E-state index contributed by atoms with van der Waals surface area (Å²) in [6, 6.07) is 7.11. The van der Waals surface area contributed by atoms with Crippen LogP contribution in [0.1, 0.15) is 6.42 Å². The maximum absolute atomic E-state index is 11.8. The molecule has 1 amide bonds. The molecule has 0 unspecified atom stereocenters. The number of methoxy groups -OCH3 is 1. The van der Waals surface area contributed by atoms with Gasteiger partial charge in [-0.15, -0.1) is 0 Å². The second kappa shape index (κ2) is 5.74. The van der Waals surface area contributed by atoms with Gasteiger partial charge in [-0.2, -0.15) is 0 Å². The predicted octanol–water partition coefficient (Wildman–Crippen LogP) is 0.794. The van der Waals surface area contributed by atoms with E-state index in [1.54, 1.807) is 25.2 Å². The van der Waals surface area contributed by atoms with Crippen LogP contribution in [0, 0.1) is 0 Å². The van der Waals surface area contributed by atoms with Crippen molar-refractivity contribution in [3.63, 3.8) is 0 Å². The van der Waals surface area contributed by atoms with Gasteiger partial charge in [0.25, 0.3) is 0 Å². The first-order valence-corrected chi connectivity index (χ1v) is 4.96. The van der Waals surface area contributed by atoms with Crippen LogP contribution in [0.25, 0.3) is 0 Å². The Bertz CT molecular complexity index is 432. The first-order valence-electron chi connectivity index (χ1n) is 4.96. The number of amidine groups is 1. The quantitative estimate of drug-likeness (QED) is 0.351. The molecule has 17 heavy (non-hydrogen) atoms. The molecule has 0 spiro atoms. The fourth-order valence-corrected chi connectivity index (χ4v) is 1.35. The highest BCUT2D eigenvalue weighted by Crippen LogP contribution is 2.26. The Hall–Kier alpha value is -2.24. The van der Waals surface area contributed by atoms with Crippen LogP contribution in [0.4, 0.5) is 5.69 Å². The van der Waals surface area contributed by atoms with Crippen molar-refractivity contribution in [1.82, 2.24) is 0 Å². The lowest BCUT2D eigenvalue weighted by Gasteiger charge is -2.19. The molecule has 6 heteroatoms. The molecule has 0 heterocycles. The molecule has 3 N–H and O–H groups in total. The Labute approximate surface area is 99.3 Å². The van der Waals surface area contributed by atoms with E-state index in [-0.39, 0.29) is 18.2 Å². The van der Waals surface area contributed by atoms with Gasteiger partial charge in [-0.25, -0.2) is 0 Å². The van der Waals surface area contributed by atoms with E-state index < -0.39 is 0 Å². The number of rotatable bonds is 4. The molecule has 0 radical (unpaired) electrons. The number of anilines is 1. The molecule has 6 nitrogen and oxygen atoms in total. The third-order valence-corrected chi connectivity index (χ3v) is 2.28. The van der Waals surface area contributed by atoms with E-state index in [0.29, 0.717) is 11.4 Å². The summed E-state index contributed by atoms with van der Waals surface area (Å²) in [5.74, 6) is 0.171. The van der Waals surface area contributed by atoms with Crippen molar-refractivity contribution >= 4 is 17.4 Å². The minimum Gasteiger partial charge on any atom is -0.495 e. The van der Waals surface area contributed by atoms with Gasteiger partial charge in [-0.3, -0.25) is 4.79 Å². The van der Waals surface area contributed by atoms with Gasteiger partial charge in [0, 0.05) is 7.05 Å². The van der Waals surface area contributed by atoms with Crippen molar-refractivity contribution in [2.75, 3.05) is 19.1 Å². The highest BCUT2D eigenvalue weighted by Gasteiger charge is 2.15. The molecule has 0 saturated heterocycles. The maximum Gasteiger partial charge on any atom is 0.234 e. The normalized spacial score (nSPS) is 11.1. The molecule has 0 fully saturated rings. The van der Waals surface area contributed by atoms with E-state index >= 15 is 0 Å². The molecule has 0 aliphatic carbocycles. The summed E-state index contributed by atoms with van der Waals surface area (Å²) >= 11 is 0. The Morgan fingerprint density at radius 3 is 2.76 bits per heavy atom. The minimum absolute atomic E-state index is 0.128. The molecular weight excluding hydrogens is 222 g/mol. The van der Waals surface area contributed by atoms with Crippen LogP contribution in [0.5, 0.6) is 5.75 Å².